The van der Waals surface area contributed by atoms with Crippen LogP contribution in [0.15, 0.2) is 120 Å². The number of hydrogen-bond donors (Lipinski definition) is 4. The van der Waals surface area contributed by atoms with Crippen molar-refractivity contribution in [2.45, 2.75) is 90.9 Å². The van der Waals surface area contributed by atoms with Gasteiger partial charge < -0.3 is 35.7 Å². The van der Waals surface area contributed by atoms with E-state index in [1.54, 1.807) is 0 Å². The zero-order valence-corrected chi connectivity index (χ0v) is 36.1. The number of nitrogens with one attached hydrogen (secondary N) is 2. The van der Waals surface area contributed by atoms with Gasteiger partial charge in [-0.05, 0) is 65.5 Å². The molecule has 0 unspecified atom stereocenters. The van der Waals surface area contributed by atoms with E-state index < -0.39 is 6.98 Å². The molecule has 0 aromatic heterocycles. The SMILES string of the molecule is CCCCCCCCOc1ccc([B]Nc2cccc3ccc(C4=C(O)/C(=c5\ccc6cccc7c6c5=NB(c5ccc(OCCCCCCCC)cc5)N7)C4=O)c(N)c23)cc1. The number of allylic oxidation sites excluding steroid dienone is 2. The van der Waals surface area contributed by atoms with Crippen molar-refractivity contribution in [1.29, 1.82) is 0 Å². The van der Waals surface area contributed by atoms with Crippen molar-refractivity contribution in [1.82, 2.24) is 0 Å². The minimum Gasteiger partial charge on any atom is -0.506 e. The van der Waals surface area contributed by atoms with Crippen molar-refractivity contribution in [3.05, 3.63) is 131 Å². The summed E-state index contributed by atoms with van der Waals surface area (Å²) < 4.78 is 12.0. The fourth-order valence-corrected chi connectivity index (χ4v) is 8.64. The van der Waals surface area contributed by atoms with Gasteiger partial charge in [-0.3, -0.25) is 4.79 Å². The summed E-state index contributed by atoms with van der Waals surface area (Å²) in [5.74, 6) is 1.34. The van der Waals surface area contributed by atoms with Crippen molar-refractivity contribution in [3.63, 3.8) is 0 Å². The average molecular weight is 824 g/mol. The summed E-state index contributed by atoms with van der Waals surface area (Å²) in [5.41, 5.74) is 11.9. The van der Waals surface area contributed by atoms with Gasteiger partial charge in [0.2, 0.25) is 5.78 Å². The Kier molecular flexibility index (Phi) is 13.8. The molecule has 6 aromatic rings. The Bertz CT molecular complexity index is 2700. The smallest absolute Gasteiger partial charge is 0.427 e. The molecule has 8 nitrogen and oxygen atoms in total. The van der Waals surface area contributed by atoms with Gasteiger partial charge in [0.05, 0.1) is 29.7 Å². The molecular weight excluding hydrogens is 766 g/mol. The highest BCUT2D eigenvalue weighted by molar-refractivity contribution is 6.75. The van der Waals surface area contributed by atoms with Crippen LogP contribution in [-0.2, 0) is 4.79 Å². The first-order valence-corrected chi connectivity index (χ1v) is 22.7. The molecule has 0 atom stereocenters. The molecule has 1 aliphatic carbocycles. The van der Waals surface area contributed by atoms with Gasteiger partial charge in [-0.2, -0.15) is 0 Å². The van der Waals surface area contributed by atoms with Crippen LogP contribution in [0.1, 0.15) is 96.5 Å². The number of aliphatic hydroxyl groups excluding tert-OH is 1. The third-order valence-electron chi connectivity index (χ3n) is 12.1. The Labute approximate surface area is 366 Å². The fraction of sp³-hybridized carbons (Fsp3) is 0.308. The molecule has 8 rings (SSSR count). The largest absolute Gasteiger partial charge is 0.506 e. The molecule has 0 bridgehead atoms. The Hall–Kier alpha value is -6.15. The third-order valence-corrected chi connectivity index (χ3v) is 12.1. The van der Waals surface area contributed by atoms with Crippen molar-refractivity contribution >= 4 is 80.9 Å². The van der Waals surface area contributed by atoms with E-state index in [2.05, 4.69) is 24.3 Å². The average Bonchev–Trinajstić information content (AvgIpc) is 3.30. The van der Waals surface area contributed by atoms with Crippen molar-refractivity contribution < 1.29 is 19.4 Å². The first kappa shape index (κ1) is 42.5. The summed E-state index contributed by atoms with van der Waals surface area (Å²) in [7, 11) is 1.93. The molecule has 2 aliphatic rings. The number of benzene rings is 6. The maximum absolute atomic E-state index is 14.3. The quantitative estimate of drug-likeness (QED) is 0.0325. The van der Waals surface area contributed by atoms with Crippen molar-refractivity contribution in [3.8, 4) is 11.5 Å². The maximum Gasteiger partial charge on any atom is 0.427 e. The monoisotopic (exact) mass is 823 g/mol. The number of aliphatic hydroxyl groups is 1. The number of unbranched alkanes of at least 4 members (excludes halogenated alkanes) is 10. The van der Waals surface area contributed by atoms with E-state index >= 15 is 0 Å². The number of carbonyl (C=O) groups is 1. The van der Waals surface area contributed by atoms with E-state index in [1.165, 1.54) is 64.2 Å². The lowest BCUT2D eigenvalue weighted by atomic mass is 9.67. The highest BCUT2D eigenvalue weighted by Crippen LogP contribution is 2.42. The number of ether oxygens (including phenoxy) is 2. The summed E-state index contributed by atoms with van der Waals surface area (Å²) in [5, 5.41) is 23.7. The topological polar surface area (TPSA) is 118 Å². The van der Waals surface area contributed by atoms with Crippen molar-refractivity contribution in [2.75, 3.05) is 29.4 Å². The molecule has 315 valence electrons. The standard InChI is InChI=1S/C52H57B2N4O4/c1-3-5-7-9-11-13-33-61-39-27-23-37(24-28-39)53-56-43-19-15-17-35-21-31-41(49(55)45(35)43)47-51(59)48(52(47)60)42-32-22-36-18-16-20-44-46(36)50(42)58-54(57-44)38-25-29-40(30-26-38)62-34-14-12-10-8-6-4-2/h15-32,56-57,59H,3-14,33-34,55H2,1-2H3/b48-42-. The van der Waals surface area contributed by atoms with Crippen LogP contribution in [0.5, 0.6) is 11.5 Å². The molecule has 1 heterocycles. The van der Waals surface area contributed by atoms with Crippen LogP contribution in [0.4, 0.5) is 17.1 Å². The lowest BCUT2D eigenvalue weighted by molar-refractivity contribution is -0.109. The fourth-order valence-electron chi connectivity index (χ4n) is 8.64. The number of nitrogens with two attached hydrogens (primary N) is 1. The first-order chi connectivity index (χ1) is 30.4. The second-order valence-corrected chi connectivity index (χ2v) is 16.6. The summed E-state index contributed by atoms with van der Waals surface area (Å²) >= 11 is 0. The molecule has 6 aromatic carbocycles. The molecule has 0 saturated heterocycles. The van der Waals surface area contributed by atoms with Crippen LogP contribution in [-0.4, -0.2) is 38.5 Å². The highest BCUT2D eigenvalue weighted by Gasteiger charge is 2.37. The summed E-state index contributed by atoms with van der Waals surface area (Å²) in [4.78, 5) is 19.5. The van der Waals surface area contributed by atoms with Crippen LogP contribution < -0.4 is 47.2 Å². The predicted molar refractivity (Wildman–Crippen MR) is 260 cm³/mol. The van der Waals surface area contributed by atoms with Gasteiger partial charge in [0.1, 0.15) is 17.3 Å². The van der Waals surface area contributed by atoms with Gasteiger partial charge in [-0.15, -0.1) is 0 Å². The van der Waals surface area contributed by atoms with Gasteiger partial charge in [-0.1, -0.05) is 156 Å². The third kappa shape index (κ3) is 9.35. The zero-order chi connectivity index (χ0) is 42.8. The van der Waals surface area contributed by atoms with E-state index in [-0.39, 0.29) is 22.7 Å². The lowest BCUT2D eigenvalue weighted by Crippen LogP contribution is -2.46. The lowest BCUT2D eigenvalue weighted by Gasteiger charge is -2.25. The summed E-state index contributed by atoms with van der Waals surface area (Å²) in [6, 6.07) is 35.7. The molecule has 10 heteroatoms. The number of nitrogen functional groups attached to an aromatic ring is 1. The summed E-state index contributed by atoms with van der Waals surface area (Å²) in [6.45, 7) is 5.50. The van der Waals surface area contributed by atoms with Crippen LogP contribution in [0.25, 0.3) is 32.7 Å². The Morgan fingerprint density at radius 1 is 0.677 bits per heavy atom. The number of rotatable bonds is 21. The Balaban J connectivity index is 1.02. The van der Waals surface area contributed by atoms with E-state index in [9.17, 15) is 9.90 Å². The number of Topliss-reactive ketones (excluding diaryl/α,β-unsaturated/α-hetero) is 1. The van der Waals surface area contributed by atoms with E-state index in [0.717, 1.165) is 74.8 Å². The van der Waals surface area contributed by atoms with Crippen LogP contribution in [0.2, 0.25) is 0 Å². The molecule has 0 fully saturated rings. The molecule has 1 aliphatic heterocycles. The van der Waals surface area contributed by atoms with Gasteiger partial charge >= 0.3 is 6.98 Å². The second-order valence-electron chi connectivity index (χ2n) is 16.6. The highest BCUT2D eigenvalue weighted by atomic mass is 16.5. The number of fused-ring (bicyclic) bond motifs is 1. The van der Waals surface area contributed by atoms with Crippen molar-refractivity contribution in [2.24, 2.45) is 4.90 Å². The van der Waals surface area contributed by atoms with Crippen LogP contribution in [0.3, 0.4) is 0 Å². The molecule has 5 N–H and O–H groups in total. The molecule has 0 spiro atoms. The van der Waals surface area contributed by atoms with E-state index in [0.29, 0.717) is 28.4 Å². The minimum absolute atomic E-state index is 0.0814. The normalized spacial score (nSPS) is 14.1. The predicted octanol–water partition coefficient (Wildman–Crippen LogP) is 9.55. The van der Waals surface area contributed by atoms with E-state index in [4.69, 9.17) is 20.1 Å². The number of ketones is 1. The van der Waals surface area contributed by atoms with Gasteiger partial charge in [0, 0.05) is 38.6 Å². The molecular formula is C52H57B2N4O4. The number of nitrogens with zero attached hydrogens (tertiary/aromatic N) is 1. The first-order valence-electron chi connectivity index (χ1n) is 22.7. The zero-order valence-electron chi connectivity index (χ0n) is 36.1. The number of anilines is 3. The van der Waals surface area contributed by atoms with Gasteiger partial charge in [0.25, 0.3) is 7.41 Å². The molecule has 0 amide bonds. The van der Waals surface area contributed by atoms with Gasteiger partial charge in [-0.25, -0.2) is 0 Å². The van der Waals surface area contributed by atoms with Crippen LogP contribution >= 0.6 is 0 Å². The number of carbonyl (C=O) groups excluding carboxylic acids is 1. The number of hydrogen-bond acceptors (Lipinski definition) is 8. The molecule has 62 heavy (non-hydrogen) atoms. The molecule has 1 radical (unpaired) electrons. The van der Waals surface area contributed by atoms with Crippen LogP contribution in [0, 0.1) is 0 Å². The van der Waals surface area contributed by atoms with Gasteiger partial charge in [0.15, 0.2) is 0 Å². The summed E-state index contributed by atoms with van der Waals surface area (Å²) in [6.07, 6.45) is 14.7. The molecule has 0 saturated carbocycles. The Morgan fingerprint density at radius 3 is 1.94 bits per heavy atom. The minimum atomic E-state index is -0.400. The maximum atomic E-state index is 14.3. The second kappa shape index (κ2) is 20.1. The Morgan fingerprint density at radius 2 is 1.27 bits per heavy atom. The van der Waals surface area contributed by atoms with E-state index in [1.807, 2.05) is 117 Å².